The van der Waals surface area contributed by atoms with Crippen molar-refractivity contribution in [2.24, 2.45) is 0 Å². The molecule has 3 atom stereocenters. The molecule has 0 aromatic carbocycles. The molecule has 0 aliphatic heterocycles. The highest BCUT2D eigenvalue weighted by atomic mass is 31.2. The average molecular weight is 981 g/mol. The van der Waals surface area contributed by atoms with Gasteiger partial charge >= 0.3 is 7.82 Å². The van der Waals surface area contributed by atoms with E-state index in [4.69, 9.17) is 9.05 Å². The van der Waals surface area contributed by atoms with Gasteiger partial charge in [-0.25, -0.2) is 4.57 Å². The van der Waals surface area contributed by atoms with Crippen molar-refractivity contribution in [3.63, 3.8) is 0 Å². The molecule has 0 aromatic heterocycles. The fourth-order valence-corrected chi connectivity index (χ4v) is 9.44. The summed E-state index contributed by atoms with van der Waals surface area (Å²) < 4.78 is 23.7. The molecule has 0 heterocycles. The lowest BCUT2D eigenvalue weighted by Gasteiger charge is -2.25. The number of phosphoric acid groups is 1. The van der Waals surface area contributed by atoms with Crippen molar-refractivity contribution in [1.82, 2.24) is 5.32 Å². The molecule has 9 heteroatoms. The lowest BCUT2D eigenvalue weighted by atomic mass is 10.0. The van der Waals surface area contributed by atoms with Crippen LogP contribution < -0.4 is 5.32 Å². The second-order valence-electron chi connectivity index (χ2n) is 21.4. The number of carbonyl (C=O) groups is 1. The van der Waals surface area contributed by atoms with Crippen LogP contribution in [0.1, 0.15) is 284 Å². The maximum atomic E-state index is 13.0. The molecule has 0 rings (SSSR count). The number of unbranched alkanes of at least 4 members (excludes halogenated alkanes) is 37. The van der Waals surface area contributed by atoms with E-state index in [0.29, 0.717) is 17.4 Å². The molecule has 0 bridgehead atoms. The van der Waals surface area contributed by atoms with Crippen LogP contribution in [-0.2, 0) is 18.4 Å². The summed E-state index contributed by atoms with van der Waals surface area (Å²) >= 11 is 0. The van der Waals surface area contributed by atoms with E-state index in [-0.39, 0.29) is 19.1 Å². The van der Waals surface area contributed by atoms with Gasteiger partial charge in [0.05, 0.1) is 39.9 Å². The van der Waals surface area contributed by atoms with Crippen LogP contribution in [0.5, 0.6) is 0 Å². The van der Waals surface area contributed by atoms with Gasteiger partial charge in [-0.2, -0.15) is 0 Å². The zero-order chi connectivity index (χ0) is 49.9. The molecular weight excluding hydrogens is 864 g/mol. The van der Waals surface area contributed by atoms with E-state index in [2.05, 4.69) is 43.5 Å². The molecule has 0 radical (unpaired) electrons. The Kier molecular flexibility index (Phi) is 49.7. The van der Waals surface area contributed by atoms with Crippen LogP contribution in [0.4, 0.5) is 0 Å². The molecule has 3 N–H and O–H groups in total. The number of likely N-dealkylation sites (N-methyl/N-ethyl adjacent to an activating group) is 1. The molecule has 0 aliphatic carbocycles. The summed E-state index contributed by atoms with van der Waals surface area (Å²) in [5, 5.41) is 13.9. The number of carbonyl (C=O) groups excluding carboxylic acids is 1. The summed E-state index contributed by atoms with van der Waals surface area (Å²) in [6.07, 6.45) is 65.4. The van der Waals surface area contributed by atoms with Crippen LogP contribution >= 0.6 is 7.82 Å². The second kappa shape index (κ2) is 50.7. The third kappa shape index (κ3) is 52.5. The van der Waals surface area contributed by atoms with Crippen molar-refractivity contribution in [3.8, 4) is 0 Å². The first-order chi connectivity index (χ1) is 33.0. The highest BCUT2D eigenvalue weighted by Crippen LogP contribution is 2.43. The van der Waals surface area contributed by atoms with Crippen molar-refractivity contribution in [2.75, 3.05) is 40.9 Å². The van der Waals surface area contributed by atoms with Gasteiger partial charge in [-0.3, -0.25) is 13.8 Å². The number of aliphatic hydroxyl groups is 1. The van der Waals surface area contributed by atoms with Crippen LogP contribution in [0.3, 0.4) is 0 Å². The first kappa shape index (κ1) is 66.7. The van der Waals surface area contributed by atoms with E-state index in [9.17, 15) is 19.4 Å². The van der Waals surface area contributed by atoms with Crippen LogP contribution in [-0.4, -0.2) is 73.4 Å². The fourth-order valence-electron chi connectivity index (χ4n) is 8.70. The number of hydrogen-bond donors (Lipinski definition) is 3. The van der Waals surface area contributed by atoms with E-state index in [0.717, 1.165) is 38.5 Å². The number of hydrogen-bond acceptors (Lipinski definition) is 5. The zero-order valence-corrected chi connectivity index (χ0v) is 46.8. The van der Waals surface area contributed by atoms with Crippen LogP contribution in [0, 0.1) is 0 Å². The van der Waals surface area contributed by atoms with Crippen molar-refractivity contribution in [1.29, 1.82) is 0 Å². The summed E-state index contributed by atoms with van der Waals surface area (Å²) in [7, 11) is 1.56. The Morgan fingerprint density at radius 3 is 1.18 bits per heavy atom. The first-order valence-corrected chi connectivity index (χ1v) is 30.9. The minimum atomic E-state index is -4.36. The summed E-state index contributed by atoms with van der Waals surface area (Å²) in [6, 6.07) is -0.866. The number of allylic oxidation sites excluding steroid dienone is 5. The summed E-state index contributed by atoms with van der Waals surface area (Å²) in [5.41, 5.74) is 0. The first-order valence-electron chi connectivity index (χ1n) is 29.4. The SMILES string of the molecule is CCCCCCCCCCCCCC/C=C\CCCCCCCCCC(=O)NC(COP(=O)(O)OCC[N+](C)(C)C)C(O)/C=C/CC/C=C/CCCCCCCCCCCCCCCCCCC. The van der Waals surface area contributed by atoms with Gasteiger partial charge in [0.2, 0.25) is 5.91 Å². The standard InChI is InChI=1S/C59H115N2O6P/c1-6-8-10-12-14-16-18-20-22-24-26-28-30-32-34-36-38-40-42-44-46-48-50-52-58(62)57(56-67-68(64,65)66-55-54-61(3,4)5)60-59(63)53-51-49-47-45-43-41-39-37-35-33-31-29-27-25-23-21-19-17-15-13-11-9-7-2/h33,35,42,44,50,52,57-58,62H,6-32,34,36-41,43,45-49,51,53-56H2,1-5H3,(H-,60,63,64,65)/p+1/b35-33-,44-42+,52-50+. The molecule has 0 saturated carbocycles. The van der Waals surface area contributed by atoms with Gasteiger partial charge in [-0.1, -0.05) is 256 Å². The fraction of sp³-hybridized carbons (Fsp3) is 0.881. The van der Waals surface area contributed by atoms with Crippen molar-refractivity contribution >= 4 is 13.7 Å². The quantitative estimate of drug-likeness (QED) is 0.0243. The molecule has 3 unspecified atom stereocenters. The summed E-state index contributed by atoms with van der Waals surface area (Å²) in [4.78, 5) is 23.3. The van der Waals surface area contributed by atoms with Crippen molar-refractivity contribution in [3.05, 3.63) is 36.5 Å². The van der Waals surface area contributed by atoms with Gasteiger partial charge < -0.3 is 19.8 Å². The highest BCUT2D eigenvalue weighted by molar-refractivity contribution is 7.47. The molecule has 0 fully saturated rings. The Bertz CT molecular complexity index is 1200. The van der Waals surface area contributed by atoms with E-state index >= 15 is 0 Å². The molecule has 0 spiro atoms. The number of quaternary nitrogens is 1. The molecule has 0 saturated heterocycles. The third-order valence-corrected chi connectivity index (χ3v) is 14.3. The maximum absolute atomic E-state index is 13.0. The Labute approximate surface area is 423 Å². The Hall–Kier alpha value is -1.28. The number of phosphoric ester groups is 1. The lowest BCUT2D eigenvalue weighted by Crippen LogP contribution is -2.45. The predicted molar refractivity (Wildman–Crippen MR) is 295 cm³/mol. The minimum Gasteiger partial charge on any atom is -0.387 e. The average Bonchev–Trinajstić information content (AvgIpc) is 3.30. The largest absolute Gasteiger partial charge is 0.472 e. The molecule has 0 aromatic rings. The van der Waals surface area contributed by atoms with Crippen LogP contribution in [0.25, 0.3) is 0 Å². The molecule has 68 heavy (non-hydrogen) atoms. The van der Waals surface area contributed by atoms with E-state index < -0.39 is 20.0 Å². The van der Waals surface area contributed by atoms with E-state index in [1.54, 1.807) is 6.08 Å². The highest BCUT2D eigenvalue weighted by Gasteiger charge is 2.27. The topological polar surface area (TPSA) is 105 Å². The predicted octanol–water partition coefficient (Wildman–Crippen LogP) is 17.8. The van der Waals surface area contributed by atoms with Gasteiger partial charge in [-0.15, -0.1) is 0 Å². The number of nitrogens with zero attached hydrogens (tertiary/aromatic N) is 1. The lowest BCUT2D eigenvalue weighted by molar-refractivity contribution is -0.870. The number of amides is 1. The van der Waals surface area contributed by atoms with E-state index in [1.807, 2.05) is 27.2 Å². The summed E-state index contributed by atoms with van der Waals surface area (Å²) in [6.45, 7) is 4.83. The van der Waals surface area contributed by atoms with Gasteiger partial charge in [0, 0.05) is 6.42 Å². The maximum Gasteiger partial charge on any atom is 0.472 e. The molecule has 8 nitrogen and oxygen atoms in total. The third-order valence-electron chi connectivity index (χ3n) is 13.3. The smallest absolute Gasteiger partial charge is 0.387 e. The molecular formula is C59H116N2O6P+. The zero-order valence-electron chi connectivity index (χ0n) is 45.9. The van der Waals surface area contributed by atoms with Gasteiger partial charge in [0.15, 0.2) is 0 Å². The Morgan fingerprint density at radius 1 is 0.485 bits per heavy atom. The van der Waals surface area contributed by atoms with Gasteiger partial charge in [0.1, 0.15) is 13.2 Å². The Balaban J connectivity index is 4.25. The molecule has 0 aliphatic rings. The Morgan fingerprint density at radius 2 is 0.809 bits per heavy atom. The number of rotatable bonds is 54. The summed E-state index contributed by atoms with van der Waals surface area (Å²) in [5.74, 6) is -0.188. The van der Waals surface area contributed by atoms with Gasteiger partial charge in [-0.05, 0) is 57.8 Å². The molecule has 402 valence electrons. The molecule has 1 amide bonds. The second-order valence-corrected chi connectivity index (χ2v) is 22.8. The number of nitrogens with one attached hydrogen (secondary N) is 1. The van der Waals surface area contributed by atoms with Crippen molar-refractivity contribution in [2.45, 2.75) is 296 Å². The van der Waals surface area contributed by atoms with Crippen molar-refractivity contribution < 1.29 is 32.9 Å². The monoisotopic (exact) mass is 980 g/mol. The minimum absolute atomic E-state index is 0.0559. The van der Waals surface area contributed by atoms with Gasteiger partial charge in [0.25, 0.3) is 0 Å². The van der Waals surface area contributed by atoms with E-state index in [1.165, 1.54) is 225 Å². The van der Waals surface area contributed by atoms with Crippen LogP contribution in [0.15, 0.2) is 36.5 Å². The van der Waals surface area contributed by atoms with Crippen LogP contribution in [0.2, 0.25) is 0 Å². The number of aliphatic hydroxyl groups excluding tert-OH is 1. The normalized spacial score (nSPS) is 14.2.